The van der Waals surface area contributed by atoms with Crippen LogP contribution in [0.5, 0.6) is 0 Å². The maximum atomic E-state index is 13.4. The number of amides is 2. The fraction of sp³-hybridized carbons (Fsp3) is 0.652. The first-order chi connectivity index (χ1) is 14.7. The summed E-state index contributed by atoms with van der Waals surface area (Å²) in [6, 6.07) is 3.00. The zero-order valence-electron chi connectivity index (χ0n) is 18.9. The Balaban J connectivity index is 1.63. The summed E-state index contributed by atoms with van der Waals surface area (Å²) in [6.45, 7) is 7.68. The van der Waals surface area contributed by atoms with Gasteiger partial charge in [-0.3, -0.25) is 9.59 Å². The molecular formula is C23H35N3O4S. The van der Waals surface area contributed by atoms with Crippen LogP contribution in [0.2, 0.25) is 0 Å². The van der Waals surface area contributed by atoms with Crippen molar-refractivity contribution in [1.29, 1.82) is 0 Å². The fourth-order valence-electron chi connectivity index (χ4n) is 4.87. The third-order valence-electron chi connectivity index (χ3n) is 6.27. The Bertz CT molecular complexity index is 898. The number of carbonyl (C=O) groups is 2. The van der Waals surface area contributed by atoms with Gasteiger partial charge in [-0.15, -0.1) is 0 Å². The molecule has 2 saturated heterocycles. The summed E-state index contributed by atoms with van der Waals surface area (Å²) in [5.41, 5.74) is 2.41. The minimum absolute atomic E-state index is 0.0593. The molecule has 0 radical (unpaired) electrons. The van der Waals surface area contributed by atoms with Gasteiger partial charge in [0.1, 0.15) is 6.04 Å². The summed E-state index contributed by atoms with van der Waals surface area (Å²) < 4.78 is 28.2. The molecule has 172 valence electrons. The van der Waals surface area contributed by atoms with Crippen LogP contribution in [0.25, 0.3) is 0 Å². The normalized spacial score (nSPS) is 20.5. The number of carbonyl (C=O) groups excluding carboxylic acids is 2. The number of sulfonamides is 1. The predicted molar refractivity (Wildman–Crippen MR) is 120 cm³/mol. The maximum Gasteiger partial charge on any atom is 0.244 e. The molecule has 1 atom stereocenters. The number of hydrogen-bond acceptors (Lipinski definition) is 4. The summed E-state index contributed by atoms with van der Waals surface area (Å²) in [6.07, 6.45) is 5.78. The summed E-state index contributed by atoms with van der Waals surface area (Å²) in [7, 11) is -3.78. The van der Waals surface area contributed by atoms with E-state index in [1.165, 1.54) is 4.31 Å². The van der Waals surface area contributed by atoms with Gasteiger partial charge in [-0.25, -0.2) is 8.42 Å². The zero-order valence-corrected chi connectivity index (χ0v) is 19.8. The van der Waals surface area contributed by atoms with Crippen molar-refractivity contribution in [2.75, 3.05) is 26.2 Å². The molecule has 2 fully saturated rings. The van der Waals surface area contributed by atoms with E-state index in [2.05, 4.69) is 5.32 Å². The first-order valence-electron chi connectivity index (χ1n) is 11.4. The molecule has 0 saturated carbocycles. The molecule has 0 aromatic heterocycles. The van der Waals surface area contributed by atoms with Crippen LogP contribution in [0, 0.1) is 20.8 Å². The molecule has 1 N–H and O–H groups in total. The molecule has 2 amide bonds. The van der Waals surface area contributed by atoms with Crippen LogP contribution < -0.4 is 5.32 Å². The molecule has 0 bridgehead atoms. The lowest BCUT2D eigenvalue weighted by atomic mass is 10.1. The second kappa shape index (κ2) is 10.1. The van der Waals surface area contributed by atoms with Crippen LogP contribution in [0.15, 0.2) is 17.0 Å². The van der Waals surface area contributed by atoms with Crippen LogP contribution in [0.1, 0.15) is 61.6 Å². The molecular weight excluding hydrogens is 414 g/mol. The summed E-state index contributed by atoms with van der Waals surface area (Å²) in [5.74, 6) is -0.254. The maximum absolute atomic E-state index is 13.4. The lowest BCUT2D eigenvalue weighted by Gasteiger charge is -2.25. The Hall–Kier alpha value is -1.93. The molecule has 2 aliphatic rings. The molecule has 0 spiro atoms. The van der Waals surface area contributed by atoms with Crippen molar-refractivity contribution < 1.29 is 18.0 Å². The first kappa shape index (κ1) is 23.7. The van der Waals surface area contributed by atoms with Crippen LogP contribution in [0.3, 0.4) is 0 Å². The van der Waals surface area contributed by atoms with E-state index in [0.29, 0.717) is 35.4 Å². The first-order valence-corrected chi connectivity index (χ1v) is 12.8. The van der Waals surface area contributed by atoms with E-state index in [-0.39, 0.29) is 24.8 Å². The molecule has 31 heavy (non-hydrogen) atoms. The van der Waals surface area contributed by atoms with E-state index < -0.39 is 16.1 Å². The van der Waals surface area contributed by atoms with E-state index in [0.717, 1.165) is 44.3 Å². The Labute approximate surface area is 186 Å². The number of likely N-dealkylation sites (tertiary alicyclic amines) is 1. The Kier molecular flexibility index (Phi) is 7.75. The number of aryl methyl sites for hydroxylation is 3. The van der Waals surface area contributed by atoms with Gasteiger partial charge in [0.15, 0.2) is 0 Å². The number of nitrogens with one attached hydrogen (secondary N) is 1. The molecule has 2 heterocycles. The predicted octanol–water partition coefficient (Wildman–Crippen LogP) is 2.67. The topological polar surface area (TPSA) is 86.8 Å². The van der Waals surface area contributed by atoms with Gasteiger partial charge >= 0.3 is 0 Å². The van der Waals surface area contributed by atoms with Gasteiger partial charge in [0, 0.05) is 32.6 Å². The van der Waals surface area contributed by atoms with Gasteiger partial charge in [0.2, 0.25) is 21.8 Å². The summed E-state index contributed by atoms with van der Waals surface area (Å²) in [5, 5.41) is 2.81. The zero-order chi connectivity index (χ0) is 22.6. The summed E-state index contributed by atoms with van der Waals surface area (Å²) >= 11 is 0. The van der Waals surface area contributed by atoms with Crippen molar-refractivity contribution in [3.63, 3.8) is 0 Å². The average molecular weight is 450 g/mol. The molecule has 8 heteroatoms. The van der Waals surface area contributed by atoms with Crippen molar-refractivity contribution in [2.24, 2.45) is 0 Å². The third kappa shape index (κ3) is 5.47. The largest absolute Gasteiger partial charge is 0.354 e. The number of nitrogens with zero attached hydrogens (tertiary/aromatic N) is 2. The number of benzene rings is 1. The van der Waals surface area contributed by atoms with Crippen LogP contribution >= 0.6 is 0 Å². The minimum atomic E-state index is -3.78. The second-order valence-corrected chi connectivity index (χ2v) is 10.7. The SMILES string of the molecule is Cc1cc(C)c(S(=O)(=O)N2CCCC2C(=O)NCCC(=O)N2CCCCCC2)c(C)c1. The standard InChI is InChI=1S/C23H35N3O4S/c1-17-15-18(2)22(19(3)16-17)31(29,30)26-14-8-9-20(26)23(28)24-11-10-21(27)25-12-6-4-5-7-13-25/h15-16,20H,4-14H2,1-3H3,(H,24,28). The lowest BCUT2D eigenvalue weighted by Crippen LogP contribution is -2.47. The third-order valence-corrected chi connectivity index (χ3v) is 8.49. The van der Waals surface area contributed by atoms with Gasteiger partial charge in [0.05, 0.1) is 4.90 Å². The Morgan fingerprint density at radius 2 is 1.58 bits per heavy atom. The molecule has 1 aromatic carbocycles. The minimum Gasteiger partial charge on any atom is -0.354 e. The highest BCUT2D eigenvalue weighted by Gasteiger charge is 2.40. The van der Waals surface area contributed by atoms with Gasteiger partial charge in [-0.1, -0.05) is 30.5 Å². The molecule has 1 unspecified atom stereocenters. The second-order valence-electron chi connectivity index (χ2n) is 8.84. The van der Waals surface area contributed by atoms with Gasteiger partial charge in [-0.2, -0.15) is 4.31 Å². The molecule has 7 nitrogen and oxygen atoms in total. The van der Waals surface area contributed by atoms with Crippen LogP contribution in [0.4, 0.5) is 0 Å². The Morgan fingerprint density at radius 3 is 2.19 bits per heavy atom. The molecule has 2 aliphatic heterocycles. The number of hydrogen-bond donors (Lipinski definition) is 1. The van der Waals surface area contributed by atoms with E-state index in [1.807, 2.05) is 24.0 Å². The van der Waals surface area contributed by atoms with Crippen molar-refractivity contribution in [3.05, 3.63) is 28.8 Å². The molecule has 3 rings (SSSR count). The number of rotatable bonds is 6. The molecule has 0 aliphatic carbocycles. The smallest absolute Gasteiger partial charge is 0.244 e. The quantitative estimate of drug-likeness (QED) is 0.723. The van der Waals surface area contributed by atoms with Crippen molar-refractivity contribution in [1.82, 2.24) is 14.5 Å². The van der Waals surface area contributed by atoms with E-state index >= 15 is 0 Å². The van der Waals surface area contributed by atoms with E-state index in [9.17, 15) is 18.0 Å². The highest BCUT2D eigenvalue weighted by molar-refractivity contribution is 7.89. The summed E-state index contributed by atoms with van der Waals surface area (Å²) in [4.78, 5) is 27.4. The highest BCUT2D eigenvalue weighted by atomic mass is 32.2. The highest BCUT2D eigenvalue weighted by Crippen LogP contribution is 2.30. The fourth-order valence-corrected chi connectivity index (χ4v) is 6.94. The lowest BCUT2D eigenvalue weighted by molar-refractivity contribution is -0.131. The van der Waals surface area contributed by atoms with Crippen LogP contribution in [-0.4, -0.2) is 61.7 Å². The average Bonchev–Trinajstić information content (AvgIpc) is 3.03. The van der Waals surface area contributed by atoms with Crippen molar-refractivity contribution in [3.8, 4) is 0 Å². The van der Waals surface area contributed by atoms with Crippen molar-refractivity contribution in [2.45, 2.75) is 76.7 Å². The van der Waals surface area contributed by atoms with Crippen LogP contribution in [-0.2, 0) is 19.6 Å². The van der Waals surface area contributed by atoms with Gasteiger partial charge < -0.3 is 10.2 Å². The van der Waals surface area contributed by atoms with E-state index in [4.69, 9.17) is 0 Å². The Morgan fingerprint density at radius 1 is 0.968 bits per heavy atom. The van der Waals surface area contributed by atoms with Crippen molar-refractivity contribution >= 4 is 21.8 Å². The van der Waals surface area contributed by atoms with E-state index in [1.54, 1.807) is 13.8 Å². The monoisotopic (exact) mass is 449 g/mol. The molecule has 1 aromatic rings. The van der Waals surface area contributed by atoms with Gasteiger partial charge in [0.25, 0.3) is 0 Å². The van der Waals surface area contributed by atoms with Gasteiger partial charge in [-0.05, 0) is 57.6 Å².